The van der Waals surface area contributed by atoms with Gasteiger partial charge in [0, 0.05) is 24.7 Å². The standard InChI is InChI=1S/C12H16FN3O2/c1-12(2-3-14-8-12)15-7-9-4-10(13)6-11(5-9)16(17)18/h4-6,14-15H,2-3,7-8H2,1H3. The first-order valence-corrected chi connectivity index (χ1v) is 5.88. The summed E-state index contributed by atoms with van der Waals surface area (Å²) in [5.41, 5.74) is 0.359. The van der Waals surface area contributed by atoms with E-state index < -0.39 is 10.7 Å². The molecule has 1 aliphatic rings. The molecule has 1 aliphatic heterocycles. The van der Waals surface area contributed by atoms with Gasteiger partial charge < -0.3 is 10.6 Å². The van der Waals surface area contributed by atoms with E-state index in [-0.39, 0.29) is 11.2 Å². The summed E-state index contributed by atoms with van der Waals surface area (Å²) in [6.07, 6.45) is 0.990. The fraction of sp³-hybridized carbons (Fsp3) is 0.500. The number of rotatable bonds is 4. The molecule has 18 heavy (non-hydrogen) atoms. The molecule has 0 amide bonds. The normalized spacial score (nSPS) is 23.2. The highest BCUT2D eigenvalue weighted by molar-refractivity contribution is 5.35. The maximum atomic E-state index is 13.2. The maximum Gasteiger partial charge on any atom is 0.272 e. The molecule has 2 rings (SSSR count). The van der Waals surface area contributed by atoms with Gasteiger partial charge in [-0.3, -0.25) is 10.1 Å². The van der Waals surface area contributed by atoms with Crippen molar-refractivity contribution in [1.29, 1.82) is 0 Å². The molecular formula is C12H16FN3O2. The predicted molar refractivity (Wildman–Crippen MR) is 65.8 cm³/mol. The lowest BCUT2D eigenvalue weighted by Gasteiger charge is -2.24. The summed E-state index contributed by atoms with van der Waals surface area (Å²) in [7, 11) is 0. The molecule has 0 bridgehead atoms. The van der Waals surface area contributed by atoms with Crippen molar-refractivity contribution in [1.82, 2.24) is 10.6 Å². The number of nitrogens with zero attached hydrogens (tertiary/aromatic N) is 1. The van der Waals surface area contributed by atoms with Gasteiger partial charge in [-0.2, -0.15) is 0 Å². The Morgan fingerprint density at radius 2 is 2.33 bits per heavy atom. The lowest BCUT2D eigenvalue weighted by Crippen LogP contribution is -2.43. The SMILES string of the molecule is CC1(NCc2cc(F)cc([N+](=O)[O-])c2)CCNC1. The van der Waals surface area contributed by atoms with Crippen molar-refractivity contribution >= 4 is 5.69 Å². The monoisotopic (exact) mass is 253 g/mol. The highest BCUT2D eigenvalue weighted by Gasteiger charge is 2.27. The molecule has 0 aliphatic carbocycles. The van der Waals surface area contributed by atoms with Crippen molar-refractivity contribution in [2.24, 2.45) is 0 Å². The van der Waals surface area contributed by atoms with Crippen molar-refractivity contribution in [2.75, 3.05) is 13.1 Å². The summed E-state index contributed by atoms with van der Waals surface area (Å²) in [6, 6.07) is 3.66. The lowest BCUT2D eigenvalue weighted by atomic mass is 10.0. The van der Waals surface area contributed by atoms with Crippen LogP contribution in [0, 0.1) is 15.9 Å². The van der Waals surface area contributed by atoms with Gasteiger partial charge >= 0.3 is 0 Å². The first-order chi connectivity index (χ1) is 8.48. The van der Waals surface area contributed by atoms with Gasteiger partial charge in [-0.1, -0.05) is 0 Å². The van der Waals surface area contributed by atoms with Crippen molar-refractivity contribution in [3.63, 3.8) is 0 Å². The minimum Gasteiger partial charge on any atom is -0.315 e. The third-order valence-corrected chi connectivity index (χ3v) is 3.24. The Morgan fingerprint density at radius 3 is 2.94 bits per heavy atom. The quantitative estimate of drug-likeness (QED) is 0.631. The van der Waals surface area contributed by atoms with Crippen LogP contribution in [-0.2, 0) is 6.54 Å². The van der Waals surface area contributed by atoms with Crippen molar-refractivity contribution in [2.45, 2.75) is 25.4 Å². The average molecular weight is 253 g/mol. The summed E-state index contributed by atoms with van der Waals surface area (Å²) in [6.45, 7) is 4.31. The second-order valence-electron chi connectivity index (χ2n) is 4.92. The molecule has 98 valence electrons. The summed E-state index contributed by atoms with van der Waals surface area (Å²) < 4.78 is 13.2. The number of nitrogens with one attached hydrogen (secondary N) is 2. The van der Waals surface area contributed by atoms with Crippen LogP contribution >= 0.6 is 0 Å². The molecule has 1 heterocycles. The van der Waals surface area contributed by atoms with Gasteiger partial charge in [0.15, 0.2) is 0 Å². The van der Waals surface area contributed by atoms with Crippen molar-refractivity contribution < 1.29 is 9.31 Å². The van der Waals surface area contributed by atoms with E-state index >= 15 is 0 Å². The Balaban J connectivity index is 2.07. The molecule has 1 aromatic carbocycles. The number of hydrogen-bond donors (Lipinski definition) is 2. The first kappa shape index (κ1) is 12.9. The lowest BCUT2D eigenvalue weighted by molar-refractivity contribution is -0.385. The van der Waals surface area contributed by atoms with Gasteiger partial charge in [-0.15, -0.1) is 0 Å². The smallest absolute Gasteiger partial charge is 0.272 e. The molecule has 0 radical (unpaired) electrons. The third-order valence-electron chi connectivity index (χ3n) is 3.24. The fourth-order valence-electron chi connectivity index (χ4n) is 2.12. The van der Waals surface area contributed by atoms with E-state index in [1.54, 1.807) is 0 Å². The number of nitro benzene ring substituents is 1. The predicted octanol–water partition coefficient (Wildman–Crippen LogP) is 1.58. The molecule has 1 saturated heterocycles. The Labute approximate surface area is 105 Å². The van der Waals surface area contributed by atoms with E-state index in [1.165, 1.54) is 12.1 Å². The summed E-state index contributed by atoms with van der Waals surface area (Å²) in [4.78, 5) is 10.1. The molecule has 1 atom stereocenters. The van der Waals surface area contributed by atoms with Crippen LogP contribution in [0.2, 0.25) is 0 Å². The maximum absolute atomic E-state index is 13.2. The van der Waals surface area contributed by atoms with Crippen LogP contribution in [-0.4, -0.2) is 23.6 Å². The zero-order chi connectivity index (χ0) is 13.2. The third kappa shape index (κ3) is 3.02. The zero-order valence-corrected chi connectivity index (χ0v) is 10.2. The number of benzene rings is 1. The van der Waals surface area contributed by atoms with Crippen LogP contribution in [0.25, 0.3) is 0 Å². The number of hydrogen-bond acceptors (Lipinski definition) is 4. The molecule has 1 aromatic rings. The van der Waals surface area contributed by atoms with Gasteiger partial charge in [0.1, 0.15) is 5.82 Å². The largest absolute Gasteiger partial charge is 0.315 e. The zero-order valence-electron chi connectivity index (χ0n) is 10.2. The summed E-state index contributed by atoms with van der Waals surface area (Å²) in [5, 5.41) is 17.2. The van der Waals surface area contributed by atoms with Crippen LogP contribution in [0.15, 0.2) is 18.2 Å². The average Bonchev–Trinajstić information content (AvgIpc) is 2.73. The molecule has 0 saturated carbocycles. The first-order valence-electron chi connectivity index (χ1n) is 5.88. The molecule has 2 N–H and O–H groups in total. The Kier molecular flexibility index (Phi) is 3.58. The number of nitro groups is 1. The summed E-state index contributed by atoms with van der Waals surface area (Å²) >= 11 is 0. The molecule has 5 nitrogen and oxygen atoms in total. The second-order valence-corrected chi connectivity index (χ2v) is 4.92. The van der Waals surface area contributed by atoms with Crippen LogP contribution < -0.4 is 10.6 Å². The molecule has 1 fully saturated rings. The Morgan fingerprint density at radius 1 is 1.56 bits per heavy atom. The van der Waals surface area contributed by atoms with E-state index in [9.17, 15) is 14.5 Å². The van der Waals surface area contributed by atoms with E-state index in [4.69, 9.17) is 0 Å². The number of halogens is 1. The van der Waals surface area contributed by atoms with Gasteiger partial charge in [-0.05, 0) is 31.5 Å². The molecule has 1 unspecified atom stereocenters. The highest BCUT2D eigenvalue weighted by atomic mass is 19.1. The highest BCUT2D eigenvalue weighted by Crippen LogP contribution is 2.18. The molecule has 0 spiro atoms. The van der Waals surface area contributed by atoms with Gasteiger partial charge in [0.2, 0.25) is 0 Å². The summed E-state index contributed by atoms with van der Waals surface area (Å²) in [5.74, 6) is -0.573. The van der Waals surface area contributed by atoms with E-state index in [1.807, 2.05) is 0 Å². The fourth-order valence-corrected chi connectivity index (χ4v) is 2.12. The minimum atomic E-state index is -0.578. The van der Waals surface area contributed by atoms with E-state index in [0.717, 1.165) is 25.6 Å². The minimum absolute atomic E-state index is 0.0267. The van der Waals surface area contributed by atoms with Crippen LogP contribution in [0.4, 0.5) is 10.1 Å². The second kappa shape index (κ2) is 4.99. The molecule has 6 heteroatoms. The Hall–Kier alpha value is -1.53. The van der Waals surface area contributed by atoms with Crippen LogP contribution in [0.3, 0.4) is 0 Å². The molecule has 0 aromatic heterocycles. The van der Waals surface area contributed by atoms with E-state index in [0.29, 0.717) is 12.1 Å². The van der Waals surface area contributed by atoms with Crippen molar-refractivity contribution in [3.8, 4) is 0 Å². The van der Waals surface area contributed by atoms with Gasteiger partial charge in [0.05, 0.1) is 11.0 Å². The Bertz CT molecular complexity index is 459. The van der Waals surface area contributed by atoms with Crippen LogP contribution in [0.1, 0.15) is 18.9 Å². The molecular weight excluding hydrogens is 237 g/mol. The van der Waals surface area contributed by atoms with Crippen molar-refractivity contribution in [3.05, 3.63) is 39.7 Å². The van der Waals surface area contributed by atoms with Crippen LogP contribution in [0.5, 0.6) is 0 Å². The van der Waals surface area contributed by atoms with Gasteiger partial charge in [-0.25, -0.2) is 4.39 Å². The number of non-ortho nitro benzene ring substituents is 1. The van der Waals surface area contributed by atoms with Gasteiger partial charge in [0.25, 0.3) is 5.69 Å². The van der Waals surface area contributed by atoms with E-state index in [2.05, 4.69) is 17.6 Å². The topological polar surface area (TPSA) is 67.2 Å².